The maximum absolute atomic E-state index is 6.13. The van der Waals surface area contributed by atoms with Crippen LogP contribution in [-0.2, 0) is 4.74 Å². The Morgan fingerprint density at radius 3 is 2.88 bits per heavy atom. The molecule has 0 bridgehead atoms. The summed E-state index contributed by atoms with van der Waals surface area (Å²) in [4.78, 5) is 0. The van der Waals surface area contributed by atoms with Crippen LogP contribution in [0.15, 0.2) is 18.3 Å². The summed E-state index contributed by atoms with van der Waals surface area (Å²) in [7, 11) is 0. The summed E-state index contributed by atoms with van der Waals surface area (Å²) < 4.78 is 11.6. The number of fused-ring (bicyclic) bond motifs is 1. The molecule has 1 aliphatic rings. The van der Waals surface area contributed by atoms with Crippen molar-refractivity contribution in [3.8, 4) is 5.75 Å². The zero-order chi connectivity index (χ0) is 18.8. The minimum absolute atomic E-state index is 0.648. The van der Waals surface area contributed by atoms with E-state index in [-0.39, 0.29) is 0 Å². The lowest BCUT2D eigenvalue weighted by atomic mass is 9.94. The standard InChI is InChI=1S/C20H30N2O2.C2H6/c1-3-5-16(6-4-7-17-8-9-23-13-17)14-24-18-10-15(2)19-12-21-22-20(19)11-18;1-2/h10-12,16-17H,3-9,13-14H2,1-2H3,(H,21,22);1-2H3. The minimum Gasteiger partial charge on any atom is -0.493 e. The summed E-state index contributed by atoms with van der Waals surface area (Å²) in [5.41, 5.74) is 2.27. The third kappa shape index (κ3) is 6.01. The van der Waals surface area contributed by atoms with E-state index in [0.717, 1.165) is 37.0 Å². The fourth-order valence-electron chi connectivity index (χ4n) is 3.72. The Balaban J connectivity index is 0.00000117. The Kier molecular flexibility index (Phi) is 8.96. The Morgan fingerprint density at radius 1 is 1.31 bits per heavy atom. The lowest BCUT2D eigenvalue weighted by molar-refractivity contribution is 0.181. The van der Waals surface area contributed by atoms with Crippen molar-refractivity contribution in [3.63, 3.8) is 0 Å². The van der Waals surface area contributed by atoms with Crippen molar-refractivity contribution < 1.29 is 9.47 Å². The molecule has 1 saturated heterocycles. The fraction of sp³-hybridized carbons (Fsp3) is 0.682. The van der Waals surface area contributed by atoms with Gasteiger partial charge in [-0.25, -0.2) is 0 Å². The molecule has 1 N–H and O–H groups in total. The first-order valence-corrected chi connectivity index (χ1v) is 10.4. The Morgan fingerprint density at radius 2 is 2.15 bits per heavy atom. The number of nitrogens with one attached hydrogen (secondary N) is 1. The van der Waals surface area contributed by atoms with Gasteiger partial charge in [-0.2, -0.15) is 5.10 Å². The van der Waals surface area contributed by atoms with Crippen molar-refractivity contribution in [1.29, 1.82) is 0 Å². The number of aromatic amines is 1. The first kappa shape index (κ1) is 20.8. The number of H-pyrrole nitrogens is 1. The van der Waals surface area contributed by atoms with Crippen molar-refractivity contribution in [1.82, 2.24) is 10.2 Å². The molecule has 0 saturated carbocycles. The van der Waals surface area contributed by atoms with Gasteiger partial charge in [-0.15, -0.1) is 0 Å². The maximum atomic E-state index is 6.13. The van der Waals surface area contributed by atoms with Crippen LogP contribution in [0.1, 0.15) is 64.9 Å². The predicted molar refractivity (Wildman–Crippen MR) is 109 cm³/mol. The van der Waals surface area contributed by atoms with Gasteiger partial charge in [0.1, 0.15) is 5.75 Å². The second-order valence-electron chi connectivity index (χ2n) is 7.20. The summed E-state index contributed by atoms with van der Waals surface area (Å²) in [6, 6.07) is 4.19. The molecule has 1 fully saturated rings. The second-order valence-corrected chi connectivity index (χ2v) is 7.20. The van der Waals surface area contributed by atoms with Crippen molar-refractivity contribution >= 4 is 10.9 Å². The molecule has 4 heteroatoms. The van der Waals surface area contributed by atoms with E-state index in [1.807, 2.05) is 20.0 Å². The molecule has 1 aromatic heterocycles. The van der Waals surface area contributed by atoms with Crippen molar-refractivity contribution in [2.24, 2.45) is 11.8 Å². The molecular formula is C22H36N2O2. The number of nitrogens with zero attached hydrogens (tertiary/aromatic N) is 1. The maximum Gasteiger partial charge on any atom is 0.121 e. The van der Waals surface area contributed by atoms with Crippen molar-refractivity contribution in [2.45, 2.75) is 66.2 Å². The number of hydrogen-bond acceptors (Lipinski definition) is 3. The molecule has 146 valence electrons. The van der Waals surface area contributed by atoms with Gasteiger partial charge in [-0.3, -0.25) is 5.10 Å². The molecule has 2 heterocycles. The van der Waals surface area contributed by atoms with Crippen LogP contribution < -0.4 is 4.74 Å². The number of benzene rings is 1. The molecule has 2 unspecified atom stereocenters. The number of hydrogen-bond donors (Lipinski definition) is 1. The highest BCUT2D eigenvalue weighted by molar-refractivity contribution is 5.82. The van der Waals surface area contributed by atoms with E-state index in [0.29, 0.717) is 5.92 Å². The summed E-state index contributed by atoms with van der Waals surface area (Å²) >= 11 is 0. The summed E-state index contributed by atoms with van der Waals surface area (Å²) in [5, 5.41) is 8.33. The number of aromatic nitrogens is 2. The molecule has 1 aromatic carbocycles. The number of aryl methyl sites for hydroxylation is 1. The smallest absolute Gasteiger partial charge is 0.121 e. The molecule has 26 heavy (non-hydrogen) atoms. The minimum atomic E-state index is 0.648. The van der Waals surface area contributed by atoms with Gasteiger partial charge >= 0.3 is 0 Å². The third-order valence-electron chi connectivity index (χ3n) is 5.17. The first-order valence-electron chi connectivity index (χ1n) is 10.4. The zero-order valence-corrected chi connectivity index (χ0v) is 17.0. The van der Waals surface area contributed by atoms with E-state index < -0.39 is 0 Å². The van der Waals surface area contributed by atoms with Crippen LogP contribution in [0.3, 0.4) is 0 Å². The predicted octanol–water partition coefficient (Wildman–Crippen LogP) is 5.90. The molecule has 0 aliphatic carbocycles. The van der Waals surface area contributed by atoms with E-state index in [1.165, 1.54) is 49.5 Å². The highest BCUT2D eigenvalue weighted by Gasteiger charge is 2.16. The van der Waals surface area contributed by atoms with Gasteiger partial charge in [-0.1, -0.05) is 33.6 Å². The van der Waals surface area contributed by atoms with Gasteiger partial charge in [0.2, 0.25) is 0 Å². The summed E-state index contributed by atoms with van der Waals surface area (Å²) in [6.45, 7) is 11.1. The largest absolute Gasteiger partial charge is 0.493 e. The average molecular weight is 361 g/mol. The highest BCUT2D eigenvalue weighted by atomic mass is 16.5. The van der Waals surface area contributed by atoms with Crippen LogP contribution in [0.5, 0.6) is 5.75 Å². The van der Waals surface area contributed by atoms with Crippen LogP contribution >= 0.6 is 0 Å². The van der Waals surface area contributed by atoms with E-state index in [1.54, 1.807) is 0 Å². The lowest BCUT2D eigenvalue weighted by Crippen LogP contribution is -2.13. The molecule has 4 nitrogen and oxygen atoms in total. The molecule has 3 rings (SSSR count). The molecule has 0 radical (unpaired) electrons. The zero-order valence-electron chi connectivity index (χ0n) is 17.0. The van der Waals surface area contributed by atoms with Crippen LogP contribution in [-0.4, -0.2) is 30.0 Å². The normalized spacial score (nSPS) is 17.8. The summed E-state index contributed by atoms with van der Waals surface area (Å²) in [5.74, 6) is 2.39. The molecule has 0 spiro atoms. The molecule has 1 aliphatic heterocycles. The van der Waals surface area contributed by atoms with Crippen molar-refractivity contribution in [3.05, 3.63) is 23.9 Å². The quantitative estimate of drug-likeness (QED) is 0.605. The van der Waals surface area contributed by atoms with Gasteiger partial charge in [-0.05, 0) is 56.1 Å². The van der Waals surface area contributed by atoms with E-state index in [9.17, 15) is 0 Å². The monoisotopic (exact) mass is 360 g/mol. The van der Waals surface area contributed by atoms with Gasteiger partial charge < -0.3 is 9.47 Å². The lowest BCUT2D eigenvalue weighted by Gasteiger charge is -2.18. The Hall–Kier alpha value is -1.55. The van der Waals surface area contributed by atoms with Crippen LogP contribution in [0, 0.1) is 18.8 Å². The Labute approximate surface area is 158 Å². The Bertz CT molecular complexity index is 632. The number of ether oxygens (including phenoxy) is 2. The number of rotatable bonds is 9. The molecule has 2 atom stereocenters. The molecule has 0 amide bonds. The van der Waals surface area contributed by atoms with E-state index in [4.69, 9.17) is 9.47 Å². The SMILES string of the molecule is CC.CCCC(CCCC1CCOC1)COc1cc(C)c2cn[nH]c2c1. The van der Waals surface area contributed by atoms with E-state index in [2.05, 4.69) is 36.2 Å². The summed E-state index contributed by atoms with van der Waals surface area (Å²) in [6.07, 6.45) is 9.45. The van der Waals surface area contributed by atoms with E-state index >= 15 is 0 Å². The average Bonchev–Trinajstić information content (AvgIpc) is 3.33. The van der Waals surface area contributed by atoms with Crippen LogP contribution in [0.2, 0.25) is 0 Å². The molecular weight excluding hydrogens is 324 g/mol. The third-order valence-corrected chi connectivity index (χ3v) is 5.17. The van der Waals surface area contributed by atoms with Crippen LogP contribution in [0.25, 0.3) is 10.9 Å². The van der Waals surface area contributed by atoms with Gasteiger partial charge in [0, 0.05) is 24.7 Å². The first-order chi connectivity index (χ1) is 12.8. The van der Waals surface area contributed by atoms with Crippen LogP contribution in [0.4, 0.5) is 0 Å². The van der Waals surface area contributed by atoms with Crippen molar-refractivity contribution in [2.75, 3.05) is 19.8 Å². The highest BCUT2D eigenvalue weighted by Crippen LogP contribution is 2.26. The van der Waals surface area contributed by atoms with Gasteiger partial charge in [0.05, 0.1) is 18.3 Å². The van der Waals surface area contributed by atoms with Gasteiger partial charge in [0.15, 0.2) is 0 Å². The fourth-order valence-corrected chi connectivity index (χ4v) is 3.72. The van der Waals surface area contributed by atoms with Gasteiger partial charge in [0.25, 0.3) is 0 Å². The second kappa shape index (κ2) is 11.2. The molecule has 2 aromatic rings. The topological polar surface area (TPSA) is 47.1 Å².